The second-order valence-electron chi connectivity index (χ2n) is 9.98. The second kappa shape index (κ2) is 9.99. The molecule has 0 unspecified atom stereocenters. The maximum absolute atomic E-state index is 15.0. The standard InChI is InChI=1S/C34H27BF2N2/c1-22-18-27(19-23(2)24(22)3)34-29-17-11-10-16-28(29)33(39(34)35(36)37)21-32-30(25-12-6-4-7-13-25)20-31(38-32)26-14-8-5-9-15-26/h4-21H,1-3H3/b32-21-. The van der Waals surface area contributed by atoms with Crippen LogP contribution in [0.3, 0.4) is 0 Å². The Bertz CT molecular complexity index is 1770. The molecule has 0 atom stereocenters. The van der Waals surface area contributed by atoms with Crippen LogP contribution in [0, 0.1) is 20.8 Å². The molecule has 39 heavy (non-hydrogen) atoms. The molecule has 0 N–H and O–H groups in total. The minimum absolute atomic E-state index is 0.446. The molecule has 4 aromatic carbocycles. The fourth-order valence-electron chi connectivity index (χ4n) is 5.39. The van der Waals surface area contributed by atoms with E-state index >= 15 is 8.63 Å². The number of hydrogen-bond acceptors (Lipinski definition) is 1. The summed E-state index contributed by atoms with van der Waals surface area (Å²) in [6.07, 6.45) is 3.86. The molecule has 0 fully saturated rings. The summed E-state index contributed by atoms with van der Waals surface area (Å²) in [5.41, 5.74) is 9.44. The largest absolute Gasteiger partial charge is 0.678 e. The molecule has 0 spiro atoms. The Morgan fingerprint density at radius 1 is 0.692 bits per heavy atom. The average Bonchev–Trinajstić information content (AvgIpc) is 3.52. The molecule has 2 heterocycles. The predicted octanol–water partition coefficient (Wildman–Crippen LogP) is 8.93. The number of nitrogens with zero attached hydrogens (tertiary/aromatic N) is 2. The van der Waals surface area contributed by atoms with Crippen LogP contribution in [-0.2, 0) is 0 Å². The Morgan fingerprint density at radius 3 is 1.87 bits per heavy atom. The van der Waals surface area contributed by atoms with Crippen molar-refractivity contribution in [1.82, 2.24) is 4.48 Å². The van der Waals surface area contributed by atoms with Crippen molar-refractivity contribution in [3.63, 3.8) is 0 Å². The van der Waals surface area contributed by atoms with E-state index < -0.39 is 7.40 Å². The van der Waals surface area contributed by atoms with E-state index in [4.69, 9.17) is 4.99 Å². The molecule has 0 aliphatic carbocycles. The Morgan fingerprint density at radius 2 is 1.26 bits per heavy atom. The van der Waals surface area contributed by atoms with Crippen LogP contribution in [0.2, 0.25) is 0 Å². The topological polar surface area (TPSA) is 17.3 Å². The smallest absolute Gasteiger partial charge is 0.324 e. The van der Waals surface area contributed by atoms with E-state index in [1.807, 2.05) is 123 Å². The Kier molecular flexibility index (Phi) is 6.36. The third-order valence-corrected chi connectivity index (χ3v) is 7.58. The average molecular weight is 512 g/mol. The van der Waals surface area contributed by atoms with Gasteiger partial charge in [-0.2, -0.15) is 0 Å². The highest BCUT2D eigenvalue weighted by molar-refractivity contribution is 6.43. The lowest BCUT2D eigenvalue weighted by atomic mass is 9.97. The molecule has 0 bridgehead atoms. The molecule has 1 aliphatic rings. The van der Waals surface area contributed by atoms with E-state index in [1.165, 1.54) is 10.0 Å². The molecule has 1 aliphatic heterocycles. The van der Waals surface area contributed by atoms with Crippen molar-refractivity contribution in [2.24, 2.45) is 4.99 Å². The number of rotatable bonds is 5. The SMILES string of the molecule is Cc1cc(-c2c3ccccc3c(/C=C3\N=C(c4ccccc4)C=C3c3ccccc3)n2B(F)F)cc(C)c1C. The van der Waals surface area contributed by atoms with Gasteiger partial charge in [-0.25, -0.2) is 4.99 Å². The summed E-state index contributed by atoms with van der Waals surface area (Å²) in [6.45, 7) is 6.12. The lowest BCUT2D eigenvalue weighted by Gasteiger charge is -2.13. The molecule has 0 saturated carbocycles. The normalized spacial score (nSPS) is 14.1. The van der Waals surface area contributed by atoms with Crippen molar-refractivity contribution in [3.8, 4) is 11.3 Å². The van der Waals surface area contributed by atoms with Crippen LogP contribution in [-0.4, -0.2) is 17.6 Å². The highest BCUT2D eigenvalue weighted by Gasteiger charge is 2.29. The second-order valence-corrected chi connectivity index (χ2v) is 9.98. The van der Waals surface area contributed by atoms with Gasteiger partial charge in [0, 0.05) is 33.3 Å². The summed E-state index contributed by atoms with van der Waals surface area (Å²) in [7, 11) is -2.73. The monoisotopic (exact) mass is 512 g/mol. The van der Waals surface area contributed by atoms with E-state index in [2.05, 4.69) is 6.92 Å². The van der Waals surface area contributed by atoms with E-state index in [0.29, 0.717) is 17.1 Å². The molecule has 2 nitrogen and oxygen atoms in total. The van der Waals surface area contributed by atoms with E-state index in [0.717, 1.165) is 49.9 Å². The number of halogens is 2. The van der Waals surface area contributed by atoms with E-state index in [1.54, 1.807) is 0 Å². The zero-order valence-corrected chi connectivity index (χ0v) is 22.1. The van der Waals surface area contributed by atoms with Crippen LogP contribution in [0.15, 0.2) is 114 Å². The number of aryl methyl sites for hydroxylation is 2. The quantitative estimate of drug-likeness (QED) is 0.209. The molecule has 0 saturated heterocycles. The van der Waals surface area contributed by atoms with Crippen LogP contribution in [0.25, 0.3) is 33.7 Å². The maximum Gasteiger partial charge on any atom is 0.678 e. The van der Waals surface area contributed by atoms with Crippen molar-refractivity contribution >= 4 is 35.5 Å². The van der Waals surface area contributed by atoms with Crippen molar-refractivity contribution in [2.45, 2.75) is 20.8 Å². The molecule has 5 aromatic rings. The fraction of sp³-hybridized carbons (Fsp3) is 0.0882. The van der Waals surface area contributed by atoms with Gasteiger partial charge >= 0.3 is 7.40 Å². The number of benzene rings is 4. The summed E-state index contributed by atoms with van der Waals surface area (Å²) in [4.78, 5) is 4.97. The first kappa shape index (κ1) is 24.8. The van der Waals surface area contributed by atoms with Crippen LogP contribution in [0.4, 0.5) is 8.63 Å². The van der Waals surface area contributed by atoms with Crippen LogP contribution in [0.1, 0.15) is 33.5 Å². The molecule has 1 aromatic heterocycles. The maximum atomic E-state index is 15.0. The molecular weight excluding hydrogens is 485 g/mol. The predicted molar refractivity (Wildman–Crippen MR) is 160 cm³/mol. The highest BCUT2D eigenvalue weighted by Crippen LogP contribution is 2.39. The molecule has 190 valence electrons. The van der Waals surface area contributed by atoms with Gasteiger partial charge in [-0.3, -0.25) is 8.63 Å². The molecule has 6 rings (SSSR count). The Balaban J connectivity index is 1.63. The summed E-state index contributed by atoms with van der Waals surface area (Å²) in [5, 5.41) is 1.56. The first-order valence-electron chi connectivity index (χ1n) is 13.0. The van der Waals surface area contributed by atoms with Crippen LogP contribution in [0.5, 0.6) is 0 Å². The summed E-state index contributed by atoms with van der Waals surface area (Å²) < 4.78 is 31.2. The fourth-order valence-corrected chi connectivity index (χ4v) is 5.39. The first-order chi connectivity index (χ1) is 18.9. The van der Waals surface area contributed by atoms with Gasteiger partial charge in [0.05, 0.1) is 11.4 Å². The molecule has 0 amide bonds. The number of hydrogen-bond donors (Lipinski definition) is 0. The number of fused-ring (bicyclic) bond motifs is 1. The third-order valence-electron chi connectivity index (χ3n) is 7.58. The Hall–Kier alpha value is -4.51. The van der Waals surface area contributed by atoms with Gasteiger partial charge in [0.25, 0.3) is 0 Å². The summed E-state index contributed by atoms with van der Waals surface area (Å²) >= 11 is 0. The highest BCUT2D eigenvalue weighted by atomic mass is 19.2. The molecular formula is C34H27BF2N2. The lowest BCUT2D eigenvalue weighted by molar-refractivity contribution is 0.631. The van der Waals surface area contributed by atoms with Gasteiger partial charge in [0.1, 0.15) is 0 Å². The van der Waals surface area contributed by atoms with Gasteiger partial charge in [-0.15, -0.1) is 0 Å². The van der Waals surface area contributed by atoms with Gasteiger partial charge in [-0.1, -0.05) is 84.9 Å². The Labute approximate surface area is 227 Å². The zero-order valence-electron chi connectivity index (χ0n) is 22.1. The van der Waals surface area contributed by atoms with Crippen LogP contribution >= 0.6 is 0 Å². The molecule has 0 radical (unpaired) electrons. The van der Waals surface area contributed by atoms with Gasteiger partial charge < -0.3 is 4.48 Å². The number of aliphatic imine (C=N–C) groups is 1. The van der Waals surface area contributed by atoms with Crippen molar-refractivity contribution in [3.05, 3.63) is 142 Å². The van der Waals surface area contributed by atoms with E-state index in [9.17, 15) is 0 Å². The van der Waals surface area contributed by atoms with Crippen molar-refractivity contribution < 1.29 is 8.63 Å². The summed E-state index contributed by atoms with van der Waals surface area (Å²) in [5.74, 6) is 0. The first-order valence-corrected chi connectivity index (χ1v) is 13.0. The number of allylic oxidation sites excluding steroid dienone is 2. The summed E-state index contributed by atoms with van der Waals surface area (Å²) in [6, 6.07) is 31.6. The lowest BCUT2D eigenvalue weighted by Crippen LogP contribution is -2.16. The number of aromatic nitrogens is 1. The molecule has 5 heteroatoms. The van der Waals surface area contributed by atoms with Crippen molar-refractivity contribution in [1.29, 1.82) is 0 Å². The van der Waals surface area contributed by atoms with Crippen LogP contribution < -0.4 is 0 Å². The third kappa shape index (κ3) is 4.44. The van der Waals surface area contributed by atoms with E-state index in [-0.39, 0.29) is 0 Å². The zero-order chi connectivity index (χ0) is 27.1. The van der Waals surface area contributed by atoms with Gasteiger partial charge in [-0.05, 0) is 72.9 Å². The van der Waals surface area contributed by atoms with Gasteiger partial charge in [0.2, 0.25) is 0 Å². The minimum Gasteiger partial charge on any atom is -0.324 e. The minimum atomic E-state index is -2.73. The van der Waals surface area contributed by atoms with Gasteiger partial charge in [0.15, 0.2) is 0 Å². The van der Waals surface area contributed by atoms with Crippen molar-refractivity contribution in [2.75, 3.05) is 0 Å².